The fourth-order valence-electron chi connectivity index (χ4n) is 1.51. The average Bonchev–Trinajstić information content (AvgIpc) is 2.35. The minimum atomic E-state index is -4.79. The van der Waals surface area contributed by atoms with Crippen LogP contribution in [0.5, 0.6) is 0 Å². The van der Waals surface area contributed by atoms with Gasteiger partial charge in [-0.1, -0.05) is 6.07 Å². The maximum Gasteiger partial charge on any atom is 0.406 e. The van der Waals surface area contributed by atoms with Crippen LogP contribution in [-0.4, -0.2) is 46.1 Å². The second-order valence-corrected chi connectivity index (χ2v) is 3.98. The van der Waals surface area contributed by atoms with Gasteiger partial charge in [-0.15, -0.1) is 0 Å². The highest BCUT2D eigenvalue weighted by Gasteiger charge is 2.34. The van der Waals surface area contributed by atoms with Crippen molar-refractivity contribution in [3.05, 3.63) is 39.9 Å². The maximum atomic E-state index is 12.3. The normalized spacial score (nSPS) is 11.0. The van der Waals surface area contributed by atoms with Crippen LogP contribution < -0.4 is 0 Å². The van der Waals surface area contributed by atoms with Gasteiger partial charge in [-0.2, -0.15) is 13.2 Å². The van der Waals surface area contributed by atoms with Crippen LogP contribution >= 0.6 is 0 Å². The summed E-state index contributed by atoms with van der Waals surface area (Å²) in [5.74, 6) is -2.88. The molecule has 0 aliphatic carbocycles. The van der Waals surface area contributed by atoms with Gasteiger partial charge in [-0.3, -0.25) is 19.7 Å². The first-order valence-electron chi connectivity index (χ1n) is 5.42. The van der Waals surface area contributed by atoms with E-state index < -0.39 is 47.3 Å². The number of nitro groups is 1. The van der Waals surface area contributed by atoms with Crippen molar-refractivity contribution in [2.24, 2.45) is 0 Å². The maximum absolute atomic E-state index is 12.3. The molecule has 0 aromatic heterocycles. The van der Waals surface area contributed by atoms with Crippen LogP contribution in [0.15, 0.2) is 24.3 Å². The largest absolute Gasteiger partial charge is 0.480 e. The van der Waals surface area contributed by atoms with Gasteiger partial charge in [0, 0.05) is 17.7 Å². The number of carbonyl (C=O) groups excluding carboxylic acids is 1. The van der Waals surface area contributed by atoms with Gasteiger partial charge in [0.05, 0.1) is 4.92 Å². The molecule has 0 heterocycles. The van der Waals surface area contributed by atoms with Crippen LogP contribution in [0.3, 0.4) is 0 Å². The summed E-state index contributed by atoms with van der Waals surface area (Å²) < 4.78 is 37.0. The quantitative estimate of drug-likeness (QED) is 0.659. The monoisotopic (exact) mass is 306 g/mol. The summed E-state index contributed by atoms with van der Waals surface area (Å²) in [6, 6.07) is 4.04. The number of nitro benzene ring substituents is 1. The van der Waals surface area contributed by atoms with E-state index in [9.17, 15) is 32.9 Å². The Morgan fingerprint density at radius 3 is 2.43 bits per heavy atom. The van der Waals surface area contributed by atoms with Crippen LogP contribution in [0.1, 0.15) is 10.4 Å². The third-order valence-corrected chi connectivity index (χ3v) is 2.29. The third-order valence-electron chi connectivity index (χ3n) is 2.29. The van der Waals surface area contributed by atoms with Gasteiger partial charge >= 0.3 is 12.1 Å². The molecule has 1 amide bonds. The lowest BCUT2D eigenvalue weighted by Gasteiger charge is -2.22. The molecule has 7 nitrogen and oxygen atoms in total. The highest BCUT2D eigenvalue weighted by Crippen LogP contribution is 2.20. The zero-order valence-electron chi connectivity index (χ0n) is 10.3. The zero-order chi connectivity index (χ0) is 16.2. The lowest BCUT2D eigenvalue weighted by molar-refractivity contribution is -0.384. The molecule has 0 aliphatic rings. The van der Waals surface area contributed by atoms with E-state index in [1.165, 1.54) is 0 Å². The zero-order valence-corrected chi connectivity index (χ0v) is 10.3. The first-order valence-corrected chi connectivity index (χ1v) is 5.42. The minimum absolute atomic E-state index is 0.0569. The van der Waals surface area contributed by atoms with Gasteiger partial charge < -0.3 is 10.0 Å². The molecule has 1 aromatic carbocycles. The Kier molecular flexibility index (Phi) is 4.84. The molecule has 0 fully saturated rings. The highest BCUT2D eigenvalue weighted by molar-refractivity contribution is 5.96. The van der Waals surface area contributed by atoms with Crippen molar-refractivity contribution in [2.75, 3.05) is 13.1 Å². The Bertz CT molecular complexity index is 573. The number of rotatable bonds is 5. The van der Waals surface area contributed by atoms with Crippen molar-refractivity contribution < 1.29 is 32.8 Å². The lowest BCUT2D eigenvalue weighted by Crippen LogP contribution is -2.42. The van der Waals surface area contributed by atoms with E-state index in [0.29, 0.717) is 0 Å². The predicted molar refractivity (Wildman–Crippen MR) is 62.7 cm³/mol. The van der Waals surface area contributed by atoms with E-state index in [-0.39, 0.29) is 4.90 Å². The Morgan fingerprint density at radius 1 is 1.33 bits per heavy atom. The van der Waals surface area contributed by atoms with Crippen molar-refractivity contribution in [2.45, 2.75) is 6.18 Å². The molecule has 0 saturated heterocycles. The Hall–Kier alpha value is -2.65. The molecule has 0 aliphatic heterocycles. The fourth-order valence-corrected chi connectivity index (χ4v) is 1.51. The van der Waals surface area contributed by atoms with Crippen molar-refractivity contribution in [3.63, 3.8) is 0 Å². The number of carboxylic acid groups (broad SMARTS) is 1. The smallest absolute Gasteiger partial charge is 0.406 e. The number of benzene rings is 1. The van der Waals surface area contributed by atoms with Crippen LogP contribution in [0.25, 0.3) is 0 Å². The van der Waals surface area contributed by atoms with Gasteiger partial charge in [0.25, 0.3) is 11.6 Å². The van der Waals surface area contributed by atoms with Gasteiger partial charge in [-0.25, -0.2) is 0 Å². The molecule has 1 N–H and O–H groups in total. The number of non-ortho nitro benzene ring substituents is 1. The molecular formula is C11H9F3N2O5. The van der Waals surface area contributed by atoms with Crippen molar-refractivity contribution in [3.8, 4) is 0 Å². The van der Waals surface area contributed by atoms with Gasteiger partial charge in [-0.05, 0) is 6.07 Å². The number of nitrogens with zero attached hydrogens (tertiary/aromatic N) is 2. The molecule has 0 atom stereocenters. The predicted octanol–water partition coefficient (Wildman–Crippen LogP) is 1.68. The summed E-state index contributed by atoms with van der Waals surface area (Å²) >= 11 is 0. The van der Waals surface area contributed by atoms with Crippen molar-refractivity contribution >= 4 is 17.6 Å². The van der Waals surface area contributed by atoms with Gasteiger partial charge in [0.2, 0.25) is 0 Å². The molecule has 0 spiro atoms. The van der Waals surface area contributed by atoms with Gasteiger partial charge in [0.15, 0.2) is 0 Å². The first-order chi connectivity index (χ1) is 9.60. The summed E-state index contributed by atoms with van der Waals surface area (Å²) in [5.41, 5.74) is -0.877. The average molecular weight is 306 g/mol. The minimum Gasteiger partial charge on any atom is -0.480 e. The number of carbonyl (C=O) groups is 2. The molecule has 0 unspecified atom stereocenters. The van der Waals surface area contributed by atoms with E-state index in [1.54, 1.807) is 0 Å². The molecule has 0 saturated carbocycles. The fraction of sp³-hybridized carbons (Fsp3) is 0.273. The van der Waals surface area contributed by atoms with Gasteiger partial charge in [0.1, 0.15) is 13.1 Å². The molecule has 0 bridgehead atoms. The number of halogens is 3. The van der Waals surface area contributed by atoms with E-state index in [2.05, 4.69) is 0 Å². The van der Waals surface area contributed by atoms with E-state index >= 15 is 0 Å². The number of hydrogen-bond acceptors (Lipinski definition) is 4. The van der Waals surface area contributed by atoms with Crippen molar-refractivity contribution in [1.29, 1.82) is 0 Å². The standard InChI is InChI=1S/C11H9F3N2O5/c12-11(13,14)6-15(5-9(17)18)10(19)7-2-1-3-8(4-7)16(20)21/h1-4H,5-6H2,(H,17,18). The molecule has 1 rings (SSSR count). The topological polar surface area (TPSA) is 101 Å². The SMILES string of the molecule is O=C(O)CN(CC(F)(F)F)C(=O)c1cccc([N+](=O)[O-])c1. The Morgan fingerprint density at radius 2 is 1.95 bits per heavy atom. The second-order valence-electron chi connectivity index (χ2n) is 3.98. The molecule has 114 valence electrons. The number of carboxylic acids is 1. The van der Waals surface area contributed by atoms with Crippen LogP contribution in [0.4, 0.5) is 18.9 Å². The molecule has 10 heteroatoms. The molecule has 21 heavy (non-hydrogen) atoms. The summed E-state index contributed by atoms with van der Waals surface area (Å²) in [7, 11) is 0. The summed E-state index contributed by atoms with van der Waals surface area (Å²) in [4.78, 5) is 32.2. The van der Waals surface area contributed by atoms with E-state index in [0.717, 1.165) is 24.3 Å². The summed E-state index contributed by atoms with van der Waals surface area (Å²) in [5, 5.41) is 19.1. The van der Waals surface area contributed by atoms with Crippen molar-refractivity contribution in [1.82, 2.24) is 4.90 Å². The molecule has 1 aromatic rings. The second kappa shape index (κ2) is 6.20. The Balaban J connectivity index is 3.07. The molecular weight excluding hydrogens is 297 g/mol. The highest BCUT2D eigenvalue weighted by atomic mass is 19.4. The molecule has 0 radical (unpaired) electrons. The third kappa shape index (κ3) is 5.09. The number of amides is 1. The first kappa shape index (κ1) is 16.4. The Labute approximate surface area is 115 Å². The number of hydrogen-bond donors (Lipinski definition) is 1. The van der Waals surface area contributed by atoms with E-state index in [1.807, 2.05) is 0 Å². The number of aliphatic carboxylic acids is 1. The summed E-state index contributed by atoms with van der Waals surface area (Å²) in [6.07, 6.45) is -4.79. The van der Waals surface area contributed by atoms with Crippen LogP contribution in [0.2, 0.25) is 0 Å². The van der Waals surface area contributed by atoms with Crippen LogP contribution in [-0.2, 0) is 4.79 Å². The lowest BCUT2D eigenvalue weighted by atomic mass is 10.1. The summed E-state index contributed by atoms with van der Waals surface area (Å²) in [6.45, 7) is -2.93. The number of alkyl halides is 3. The van der Waals surface area contributed by atoms with Crippen LogP contribution in [0, 0.1) is 10.1 Å². The van der Waals surface area contributed by atoms with E-state index in [4.69, 9.17) is 5.11 Å².